The standard InChI is InChI=1S/C25H26N2O2/c1-5-6-22-21-13-25(29-4)24(28-3)12-20(21)19(15-27-22)11-17-10-18-8-7-16(2)9-23(18)26-14-17/h7-10,12-15H,5-6,11H2,1-4H3. The van der Waals surface area contributed by atoms with Gasteiger partial charge in [0.25, 0.3) is 0 Å². The summed E-state index contributed by atoms with van der Waals surface area (Å²) in [5, 5.41) is 3.45. The number of fused-ring (bicyclic) bond motifs is 2. The summed E-state index contributed by atoms with van der Waals surface area (Å²) < 4.78 is 11.1. The molecule has 0 N–H and O–H groups in total. The first-order valence-electron chi connectivity index (χ1n) is 10.0. The number of rotatable bonds is 6. The molecule has 0 amide bonds. The predicted octanol–water partition coefficient (Wildman–Crippen LogP) is 5.65. The first-order valence-corrected chi connectivity index (χ1v) is 10.0. The third-order valence-electron chi connectivity index (χ3n) is 5.33. The molecule has 0 fully saturated rings. The second-order valence-corrected chi connectivity index (χ2v) is 7.45. The van der Waals surface area contributed by atoms with Crippen LogP contribution in [0.3, 0.4) is 0 Å². The van der Waals surface area contributed by atoms with Gasteiger partial charge in [0.2, 0.25) is 0 Å². The second-order valence-electron chi connectivity index (χ2n) is 7.45. The molecule has 2 aromatic heterocycles. The van der Waals surface area contributed by atoms with Crippen molar-refractivity contribution >= 4 is 21.7 Å². The minimum atomic E-state index is 0.735. The van der Waals surface area contributed by atoms with Gasteiger partial charge >= 0.3 is 0 Å². The van der Waals surface area contributed by atoms with Gasteiger partial charge in [-0.25, -0.2) is 0 Å². The third-order valence-corrected chi connectivity index (χ3v) is 5.33. The molecule has 0 spiro atoms. The van der Waals surface area contributed by atoms with Crippen LogP contribution in [0.15, 0.2) is 48.8 Å². The van der Waals surface area contributed by atoms with E-state index in [4.69, 9.17) is 14.5 Å². The lowest BCUT2D eigenvalue weighted by molar-refractivity contribution is 0.356. The molecule has 4 rings (SSSR count). The fourth-order valence-electron chi connectivity index (χ4n) is 3.85. The Morgan fingerprint density at radius 1 is 0.862 bits per heavy atom. The maximum atomic E-state index is 5.56. The average molecular weight is 386 g/mol. The zero-order valence-corrected chi connectivity index (χ0v) is 17.5. The summed E-state index contributed by atoms with van der Waals surface area (Å²) in [7, 11) is 3.34. The van der Waals surface area contributed by atoms with Gasteiger partial charge in [-0.1, -0.05) is 25.5 Å². The lowest BCUT2D eigenvalue weighted by Gasteiger charge is -2.14. The van der Waals surface area contributed by atoms with Crippen LogP contribution in [0.1, 0.15) is 35.7 Å². The van der Waals surface area contributed by atoms with Gasteiger partial charge in [-0.05, 0) is 59.7 Å². The van der Waals surface area contributed by atoms with Crippen molar-refractivity contribution in [1.29, 1.82) is 0 Å². The monoisotopic (exact) mass is 386 g/mol. The van der Waals surface area contributed by atoms with Crippen LogP contribution in [0.2, 0.25) is 0 Å². The van der Waals surface area contributed by atoms with Gasteiger partial charge in [-0.2, -0.15) is 0 Å². The largest absolute Gasteiger partial charge is 0.493 e. The number of aryl methyl sites for hydroxylation is 2. The Labute approximate surface area is 171 Å². The lowest BCUT2D eigenvalue weighted by atomic mass is 9.97. The summed E-state index contributed by atoms with van der Waals surface area (Å²) in [6, 6.07) is 12.7. The summed E-state index contributed by atoms with van der Waals surface area (Å²) in [6.45, 7) is 4.26. The molecule has 4 nitrogen and oxygen atoms in total. The van der Waals surface area contributed by atoms with Gasteiger partial charge in [0, 0.05) is 35.3 Å². The molecular weight excluding hydrogens is 360 g/mol. The fraction of sp³-hybridized carbons (Fsp3) is 0.280. The highest BCUT2D eigenvalue weighted by molar-refractivity contribution is 5.91. The molecule has 4 heteroatoms. The van der Waals surface area contributed by atoms with E-state index in [0.717, 1.165) is 63.7 Å². The number of hydrogen-bond acceptors (Lipinski definition) is 4. The van der Waals surface area contributed by atoms with Crippen LogP contribution in [0, 0.1) is 6.92 Å². The molecule has 0 atom stereocenters. The highest BCUT2D eigenvalue weighted by Crippen LogP contribution is 2.35. The highest BCUT2D eigenvalue weighted by atomic mass is 16.5. The summed E-state index contributed by atoms with van der Waals surface area (Å²) in [5.41, 5.74) is 5.68. The predicted molar refractivity (Wildman–Crippen MR) is 118 cm³/mol. The van der Waals surface area contributed by atoms with E-state index < -0.39 is 0 Å². The van der Waals surface area contributed by atoms with Crippen LogP contribution in [-0.4, -0.2) is 24.2 Å². The molecule has 148 valence electrons. The average Bonchev–Trinajstić information content (AvgIpc) is 2.74. The van der Waals surface area contributed by atoms with Gasteiger partial charge in [0.1, 0.15) is 0 Å². The molecule has 4 aromatic rings. The smallest absolute Gasteiger partial charge is 0.161 e. The Morgan fingerprint density at radius 3 is 2.34 bits per heavy atom. The normalized spacial score (nSPS) is 11.2. The van der Waals surface area contributed by atoms with Crippen molar-refractivity contribution < 1.29 is 9.47 Å². The van der Waals surface area contributed by atoms with E-state index in [-0.39, 0.29) is 0 Å². The van der Waals surface area contributed by atoms with Crippen molar-refractivity contribution in [2.24, 2.45) is 0 Å². The van der Waals surface area contributed by atoms with Crippen molar-refractivity contribution in [3.8, 4) is 11.5 Å². The SMILES string of the molecule is CCCc1ncc(Cc2cnc3cc(C)ccc3c2)c2cc(OC)c(OC)cc12. The van der Waals surface area contributed by atoms with Crippen LogP contribution in [0.4, 0.5) is 0 Å². The first kappa shape index (κ1) is 19.2. The van der Waals surface area contributed by atoms with Crippen molar-refractivity contribution in [2.75, 3.05) is 14.2 Å². The summed E-state index contributed by atoms with van der Waals surface area (Å²) >= 11 is 0. The maximum absolute atomic E-state index is 5.56. The molecular formula is C25H26N2O2. The maximum Gasteiger partial charge on any atom is 0.161 e. The summed E-state index contributed by atoms with van der Waals surface area (Å²) in [6.07, 6.45) is 6.71. The molecule has 0 aliphatic rings. The van der Waals surface area contributed by atoms with Crippen LogP contribution >= 0.6 is 0 Å². The van der Waals surface area contributed by atoms with E-state index in [0.29, 0.717) is 0 Å². The Bertz CT molecular complexity index is 1180. The van der Waals surface area contributed by atoms with Crippen molar-refractivity contribution in [1.82, 2.24) is 9.97 Å². The number of benzene rings is 2. The number of pyridine rings is 2. The molecule has 0 saturated carbocycles. The number of nitrogens with zero attached hydrogens (tertiary/aromatic N) is 2. The van der Waals surface area contributed by atoms with Gasteiger partial charge in [-0.15, -0.1) is 0 Å². The van der Waals surface area contributed by atoms with E-state index in [9.17, 15) is 0 Å². The second kappa shape index (κ2) is 8.08. The molecule has 0 aliphatic carbocycles. The van der Waals surface area contributed by atoms with E-state index in [1.807, 2.05) is 12.4 Å². The topological polar surface area (TPSA) is 44.2 Å². The quantitative estimate of drug-likeness (QED) is 0.429. The van der Waals surface area contributed by atoms with E-state index in [1.165, 1.54) is 11.1 Å². The summed E-state index contributed by atoms with van der Waals surface area (Å²) in [4.78, 5) is 9.44. The summed E-state index contributed by atoms with van der Waals surface area (Å²) in [5.74, 6) is 1.47. The van der Waals surface area contributed by atoms with Gasteiger partial charge in [0.05, 0.1) is 19.7 Å². The van der Waals surface area contributed by atoms with E-state index in [1.54, 1.807) is 14.2 Å². The Balaban J connectivity index is 1.82. The Morgan fingerprint density at radius 2 is 1.62 bits per heavy atom. The Kier molecular flexibility index (Phi) is 5.34. The number of ether oxygens (including phenoxy) is 2. The molecule has 0 radical (unpaired) electrons. The van der Waals surface area contributed by atoms with Gasteiger partial charge < -0.3 is 9.47 Å². The van der Waals surface area contributed by atoms with Crippen molar-refractivity contribution in [3.63, 3.8) is 0 Å². The number of aromatic nitrogens is 2. The molecule has 29 heavy (non-hydrogen) atoms. The number of methoxy groups -OCH3 is 2. The zero-order valence-electron chi connectivity index (χ0n) is 17.5. The van der Waals surface area contributed by atoms with E-state index in [2.05, 4.69) is 55.2 Å². The van der Waals surface area contributed by atoms with Crippen LogP contribution in [0.25, 0.3) is 21.7 Å². The molecule has 0 unspecified atom stereocenters. The van der Waals surface area contributed by atoms with Crippen molar-refractivity contribution in [2.45, 2.75) is 33.1 Å². The molecule has 0 saturated heterocycles. The van der Waals surface area contributed by atoms with Gasteiger partial charge in [0.15, 0.2) is 11.5 Å². The third kappa shape index (κ3) is 3.75. The molecule has 2 heterocycles. The Hall–Kier alpha value is -3.14. The molecule has 0 aliphatic heterocycles. The molecule has 0 bridgehead atoms. The first-order chi connectivity index (χ1) is 14.1. The lowest BCUT2D eigenvalue weighted by Crippen LogP contribution is -2.00. The highest BCUT2D eigenvalue weighted by Gasteiger charge is 2.14. The van der Waals surface area contributed by atoms with Gasteiger partial charge in [-0.3, -0.25) is 9.97 Å². The van der Waals surface area contributed by atoms with Crippen LogP contribution in [0.5, 0.6) is 11.5 Å². The minimum Gasteiger partial charge on any atom is -0.493 e. The van der Waals surface area contributed by atoms with E-state index >= 15 is 0 Å². The minimum absolute atomic E-state index is 0.735. The number of hydrogen-bond donors (Lipinski definition) is 0. The molecule has 2 aromatic carbocycles. The van der Waals surface area contributed by atoms with Crippen LogP contribution < -0.4 is 9.47 Å². The fourth-order valence-corrected chi connectivity index (χ4v) is 3.85. The van der Waals surface area contributed by atoms with Crippen LogP contribution in [-0.2, 0) is 12.8 Å². The van der Waals surface area contributed by atoms with Crippen molar-refractivity contribution in [3.05, 3.63) is 71.2 Å². The zero-order chi connectivity index (χ0) is 20.4.